The summed E-state index contributed by atoms with van der Waals surface area (Å²) in [6.45, 7) is 16.7. The third-order valence-corrected chi connectivity index (χ3v) is 14.9. The first-order valence-corrected chi connectivity index (χ1v) is 25.8. The third kappa shape index (κ3) is 12.7. The Morgan fingerprint density at radius 3 is 1.95 bits per heavy atom. The van der Waals surface area contributed by atoms with Crippen molar-refractivity contribution in [1.82, 2.24) is 51.8 Å². The summed E-state index contributed by atoms with van der Waals surface area (Å²) in [4.78, 5) is 94.4. The topological polar surface area (TPSA) is 220 Å². The van der Waals surface area contributed by atoms with Crippen molar-refractivity contribution in [3.63, 3.8) is 0 Å². The fourth-order valence-corrected chi connectivity index (χ4v) is 10.3. The van der Waals surface area contributed by atoms with Crippen LogP contribution in [-0.2, 0) is 54.6 Å². The van der Waals surface area contributed by atoms with Gasteiger partial charge in [0, 0.05) is 38.8 Å². The molecule has 1 fully saturated rings. The number of amides is 6. The molecule has 2 aliphatic heterocycles. The summed E-state index contributed by atoms with van der Waals surface area (Å²) >= 11 is 0. The standard InChI is InChI=1S/C56H76N10O7/c1-32(57-10)49(67)62-46(55(4,5)6)53(71)65-30-39-27-37(24-25-38(39)28-44(65)52(70)61-43(48-59-34(3)73-64-48)26-35-18-13-12-14-19-35)40-29-45(51(69)60-42-23-17-21-36-20-15-16-22-41(36)42)66(31-40)54(72)47(56(7,8)9)63-50(68)33(2)58-11/h12-16,18-20,22,24-25,27,32-33,40,42-47,57-58H,17,21,23,26,28-31H2,1-11H3,(H,60,69)(H,61,70)(H,62,67)(H,63,68)/t32-,33-,40-,42+,43-,44-,45-,46+,47+/m0/s1. The van der Waals surface area contributed by atoms with Crippen molar-refractivity contribution < 1.29 is 33.3 Å². The summed E-state index contributed by atoms with van der Waals surface area (Å²) in [5.74, 6) is -1.78. The van der Waals surface area contributed by atoms with Gasteiger partial charge in [0.25, 0.3) is 0 Å². The number of likely N-dealkylation sites (tertiary alicyclic amines) is 1. The average Bonchev–Trinajstić information content (AvgIpc) is 4.02. The molecule has 6 N–H and O–H groups in total. The molecule has 17 nitrogen and oxygen atoms in total. The Balaban J connectivity index is 1.24. The van der Waals surface area contributed by atoms with Crippen molar-refractivity contribution in [2.24, 2.45) is 10.8 Å². The first-order valence-electron chi connectivity index (χ1n) is 25.8. The number of nitrogens with one attached hydrogen (secondary N) is 6. The summed E-state index contributed by atoms with van der Waals surface area (Å²) in [6.07, 6.45) is 3.46. The normalized spacial score (nSPS) is 20.9. The molecule has 73 heavy (non-hydrogen) atoms. The minimum atomic E-state index is -1.01. The molecule has 0 bridgehead atoms. The van der Waals surface area contributed by atoms with Crippen LogP contribution in [0.2, 0.25) is 0 Å². The van der Waals surface area contributed by atoms with Crippen LogP contribution in [0, 0.1) is 17.8 Å². The van der Waals surface area contributed by atoms with Gasteiger partial charge in [-0.15, -0.1) is 0 Å². The second-order valence-electron chi connectivity index (χ2n) is 22.4. The number of nitrogens with zero attached hydrogens (tertiary/aromatic N) is 4. The smallest absolute Gasteiger partial charge is 0.246 e. The molecule has 3 aliphatic rings. The van der Waals surface area contributed by atoms with Crippen LogP contribution >= 0.6 is 0 Å². The zero-order valence-electron chi connectivity index (χ0n) is 44.4. The molecule has 1 saturated heterocycles. The second kappa shape index (κ2) is 22.8. The number of fused-ring (bicyclic) bond motifs is 2. The van der Waals surface area contributed by atoms with E-state index < -0.39 is 64.9 Å². The summed E-state index contributed by atoms with van der Waals surface area (Å²) in [6, 6.07) is 18.0. The van der Waals surface area contributed by atoms with Crippen molar-refractivity contribution in [3.05, 3.63) is 118 Å². The molecule has 0 spiro atoms. The zero-order chi connectivity index (χ0) is 52.9. The van der Waals surface area contributed by atoms with Gasteiger partial charge in [-0.1, -0.05) is 119 Å². The van der Waals surface area contributed by atoms with E-state index in [1.165, 1.54) is 5.56 Å². The van der Waals surface area contributed by atoms with E-state index in [9.17, 15) is 19.2 Å². The maximum atomic E-state index is 15.2. The molecule has 6 amide bonds. The van der Waals surface area contributed by atoms with Gasteiger partial charge in [0.15, 0.2) is 5.82 Å². The number of hydrogen-bond donors (Lipinski definition) is 6. The lowest BCUT2D eigenvalue weighted by molar-refractivity contribution is -0.147. The molecule has 1 aromatic heterocycles. The fourth-order valence-electron chi connectivity index (χ4n) is 10.3. The highest BCUT2D eigenvalue weighted by Crippen LogP contribution is 2.38. The number of rotatable bonds is 16. The minimum Gasteiger partial charge on any atom is -0.347 e. The van der Waals surface area contributed by atoms with Crippen molar-refractivity contribution in [1.29, 1.82) is 0 Å². The van der Waals surface area contributed by atoms with Gasteiger partial charge in [-0.3, -0.25) is 28.8 Å². The van der Waals surface area contributed by atoms with Gasteiger partial charge in [0.05, 0.1) is 24.2 Å². The monoisotopic (exact) mass is 1000 g/mol. The van der Waals surface area contributed by atoms with E-state index in [4.69, 9.17) is 4.52 Å². The van der Waals surface area contributed by atoms with Gasteiger partial charge in [-0.05, 0) is 97.8 Å². The lowest BCUT2D eigenvalue weighted by Crippen LogP contribution is -2.62. The molecule has 3 aromatic carbocycles. The van der Waals surface area contributed by atoms with Crippen molar-refractivity contribution in [2.75, 3.05) is 20.6 Å². The van der Waals surface area contributed by atoms with Gasteiger partial charge in [0.2, 0.25) is 41.3 Å². The highest BCUT2D eigenvalue weighted by molar-refractivity contribution is 5.95. The maximum absolute atomic E-state index is 15.2. The number of likely N-dealkylation sites (N-methyl/N-ethyl adjacent to an activating group) is 2. The van der Waals surface area contributed by atoms with Crippen LogP contribution in [0.15, 0.2) is 77.3 Å². The summed E-state index contributed by atoms with van der Waals surface area (Å²) in [7, 11) is 3.36. The molecule has 3 heterocycles. The minimum absolute atomic E-state index is 0.0386. The zero-order valence-corrected chi connectivity index (χ0v) is 44.4. The van der Waals surface area contributed by atoms with E-state index in [0.29, 0.717) is 24.6 Å². The summed E-state index contributed by atoms with van der Waals surface area (Å²) in [5.41, 5.74) is 4.28. The van der Waals surface area contributed by atoms with Crippen LogP contribution in [0.4, 0.5) is 0 Å². The number of aryl methyl sites for hydroxylation is 2. The number of hydrogen-bond acceptors (Lipinski definition) is 11. The molecule has 392 valence electrons. The molecule has 17 heteroatoms. The maximum Gasteiger partial charge on any atom is 0.246 e. The van der Waals surface area contributed by atoms with Crippen LogP contribution < -0.4 is 31.9 Å². The van der Waals surface area contributed by atoms with Crippen LogP contribution in [0.1, 0.15) is 138 Å². The lowest BCUT2D eigenvalue weighted by atomic mass is 9.83. The fraction of sp³-hybridized carbons (Fsp3) is 0.536. The highest BCUT2D eigenvalue weighted by Gasteiger charge is 2.47. The Morgan fingerprint density at radius 1 is 0.726 bits per heavy atom. The number of benzene rings is 3. The second-order valence-corrected chi connectivity index (χ2v) is 22.4. The highest BCUT2D eigenvalue weighted by atomic mass is 16.5. The largest absolute Gasteiger partial charge is 0.347 e. The van der Waals surface area contributed by atoms with Gasteiger partial charge in [0.1, 0.15) is 24.2 Å². The van der Waals surface area contributed by atoms with Crippen molar-refractivity contribution in [3.8, 4) is 0 Å². The Bertz CT molecular complexity index is 2640. The molecular formula is C56H76N10O7. The molecule has 0 unspecified atom stereocenters. The van der Waals surface area contributed by atoms with Crippen LogP contribution in [0.3, 0.4) is 0 Å². The summed E-state index contributed by atoms with van der Waals surface area (Å²) < 4.78 is 5.36. The molecule has 0 radical (unpaired) electrons. The van der Waals surface area contributed by atoms with Crippen molar-refractivity contribution in [2.45, 2.75) is 162 Å². The van der Waals surface area contributed by atoms with E-state index in [-0.39, 0.29) is 55.1 Å². The molecule has 4 aromatic rings. The SMILES string of the molecule is CN[C@@H](C)C(=O)N[C@H](C(=O)N1Cc2cc([C@H]3C[C@@H](C(=O)N[C@@H]4CCCc5ccccc54)N(C(=O)[C@@H](NC(=O)[C@H](C)NC)C(C)(C)C)C3)ccc2C[C@H]1C(=O)N[C@@H](Cc1ccccc1)c1noc(C)n1)C(C)(C)C. The molecular weight excluding hydrogens is 925 g/mol. The Morgan fingerprint density at radius 2 is 1.34 bits per heavy atom. The van der Waals surface area contributed by atoms with E-state index in [0.717, 1.165) is 47.1 Å². The first kappa shape index (κ1) is 54.3. The van der Waals surface area contributed by atoms with E-state index in [2.05, 4.69) is 54.2 Å². The molecule has 7 rings (SSSR count). The van der Waals surface area contributed by atoms with E-state index in [1.807, 2.05) is 102 Å². The van der Waals surface area contributed by atoms with Crippen molar-refractivity contribution >= 4 is 35.4 Å². The van der Waals surface area contributed by atoms with Gasteiger partial charge >= 0.3 is 0 Å². The Hall–Kier alpha value is -6.46. The predicted molar refractivity (Wildman–Crippen MR) is 277 cm³/mol. The van der Waals surface area contributed by atoms with E-state index in [1.54, 1.807) is 44.7 Å². The number of carbonyl (C=O) groups is 6. The van der Waals surface area contributed by atoms with Gasteiger partial charge in [-0.25, -0.2) is 0 Å². The van der Waals surface area contributed by atoms with Gasteiger partial charge in [-0.2, -0.15) is 4.98 Å². The predicted octanol–water partition coefficient (Wildman–Crippen LogP) is 4.89. The van der Waals surface area contributed by atoms with Crippen LogP contribution in [0.25, 0.3) is 0 Å². The molecule has 1 aliphatic carbocycles. The quantitative estimate of drug-likeness (QED) is 0.0888. The van der Waals surface area contributed by atoms with Gasteiger partial charge < -0.3 is 46.2 Å². The molecule has 9 atom stereocenters. The number of carbonyl (C=O) groups excluding carboxylic acids is 6. The van der Waals surface area contributed by atoms with Crippen LogP contribution in [0.5, 0.6) is 0 Å². The third-order valence-electron chi connectivity index (χ3n) is 14.9. The lowest BCUT2D eigenvalue weighted by Gasteiger charge is -2.41. The Kier molecular flexibility index (Phi) is 16.9. The van der Waals surface area contributed by atoms with E-state index >= 15 is 9.59 Å². The molecule has 0 saturated carbocycles. The van der Waals surface area contributed by atoms with Crippen LogP contribution in [-0.4, -0.2) is 112 Å². The number of aromatic nitrogens is 2. The average molecular weight is 1000 g/mol. The summed E-state index contributed by atoms with van der Waals surface area (Å²) in [5, 5.41) is 22.6. The Labute approximate surface area is 430 Å². The first-order chi connectivity index (χ1) is 34.6.